The Kier molecular flexibility index (Phi) is 4.81. The van der Waals surface area contributed by atoms with E-state index >= 15 is 0 Å². The van der Waals surface area contributed by atoms with Gasteiger partial charge in [0, 0.05) is 16.6 Å². The molecule has 26 heavy (non-hydrogen) atoms. The standard InChI is InChI=1S/C17H13BrN4O4/c1-10-2-5-14(13(18)6-10)20-16(23)8-21-9-19-15-7-11(22(25)26)3-4-12(15)17(21)24/h2-7,9H,8H2,1H3,(H,20,23). The molecule has 0 radical (unpaired) electrons. The molecule has 0 fully saturated rings. The lowest BCUT2D eigenvalue weighted by atomic mass is 10.2. The van der Waals surface area contributed by atoms with Gasteiger partial charge >= 0.3 is 0 Å². The number of carbonyl (C=O) groups is 1. The van der Waals surface area contributed by atoms with E-state index in [4.69, 9.17) is 0 Å². The largest absolute Gasteiger partial charge is 0.324 e. The van der Waals surface area contributed by atoms with E-state index in [2.05, 4.69) is 26.2 Å². The maximum Gasteiger partial charge on any atom is 0.271 e. The monoisotopic (exact) mass is 416 g/mol. The number of nitrogens with zero attached hydrogens (tertiary/aromatic N) is 3. The minimum Gasteiger partial charge on any atom is -0.324 e. The summed E-state index contributed by atoms with van der Waals surface area (Å²) in [7, 11) is 0. The number of nitrogens with one attached hydrogen (secondary N) is 1. The predicted molar refractivity (Wildman–Crippen MR) is 100 cm³/mol. The van der Waals surface area contributed by atoms with Crippen molar-refractivity contribution in [2.75, 3.05) is 5.32 Å². The highest BCUT2D eigenvalue weighted by molar-refractivity contribution is 9.10. The van der Waals surface area contributed by atoms with Crippen LogP contribution in [0.25, 0.3) is 10.9 Å². The number of anilines is 1. The molecule has 0 aliphatic carbocycles. The molecule has 1 heterocycles. The van der Waals surface area contributed by atoms with Crippen molar-refractivity contribution in [2.24, 2.45) is 0 Å². The number of aromatic nitrogens is 2. The fourth-order valence-corrected chi connectivity index (χ4v) is 3.03. The average Bonchev–Trinajstić information content (AvgIpc) is 2.59. The summed E-state index contributed by atoms with van der Waals surface area (Å²) >= 11 is 3.38. The fourth-order valence-electron chi connectivity index (χ4n) is 2.44. The molecule has 3 aromatic rings. The minimum absolute atomic E-state index is 0.149. The first-order chi connectivity index (χ1) is 12.3. The normalized spacial score (nSPS) is 10.7. The summed E-state index contributed by atoms with van der Waals surface area (Å²) in [6.45, 7) is 1.71. The van der Waals surface area contributed by atoms with Crippen LogP contribution in [0.4, 0.5) is 11.4 Å². The second-order valence-corrected chi connectivity index (χ2v) is 6.52. The summed E-state index contributed by atoms with van der Waals surface area (Å²) < 4.78 is 1.90. The van der Waals surface area contributed by atoms with E-state index in [1.54, 1.807) is 6.07 Å². The summed E-state index contributed by atoms with van der Waals surface area (Å²) in [5, 5.41) is 13.7. The minimum atomic E-state index is -0.556. The number of hydrogen-bond acceptors (Lipinski definition) is 5. The van der Waals surface area contributed by atoms with Crippen LogP contribution >= 0.6 is 15.9 Å². The zero-order valence-corrected chi connectivity index (χ0v) is 15.2. The molecule has 0 aliphatic heterocycles. The van der Waals surface area contributed by atoms with Gasteiger partial charge < -0.3 is 5.32 Å². The first-order valence-electron chi connectivity index (χ1n) is 7.55. The van der Waals surface area contributed by atoms with Crippen LogP contribution in [0.15, 0.2) is 52.0 Å². The molecule has 132 valence electrons. The van der Waals surface area contributed by atoms with Crippen LogP contribution in [0, 0.1) is 17.0 Å². The predicted octanol–water partition coefficient (Wildman–Crippen LogP) is 3.01. The summed E-state index contributed by atoms with van der Waals surface area (Å²) in [5.74, 6) is -0.389. The Morgan fingerprint density at radius 1 is 1.31 bits per heavy atom. The van der Waals surface area contributed by atoms with Crippen molar-refractivity contribution in [1.29, 1.82) is 0 Å². The summed E-state index contributed by atoms with van der Waals surface area (Å²) in [5.41, 5.74) is 1.26. The van der Waals surface area contributed by atoms with Crippen molar-refractivity contribution in [1.82, 2.24) is 9.55 Å². The first kappa shape index (κ1) is 17.7. The second kappa shape index (κ2) is 7.04. The number of amides is 1. The second-order valence-electron chi connectivity index (χ2n) is 5.67. The number of fused-ring (bicyclic) bond motifs is 1. The van der Waals surface area contributed by atoms with Gasteiger partial charge in [-0.05, 0) is 46.6 Å². The third-order valence-electron chi connectivity index (χ3n) is 3.73. The van der Waals surface area contributed by atoms with Gasteiger partial charge in [0.2, 0.25) is 5.91 Å². The van der Waals surface area contributed by atoms with E-state index in [9.17, 15) is 19.7 Å². The molecule has 0 aliphatic rings. The van der Waals surface area contributed by atoms with E-state index in [0.29, 0.717) is 5.69 Å². The van der Waals surface area contributed by atoms with Gasteiger partial charge in [0.1, 0.15) is 6.54 Å². The van der Waals surface area contributed by atoms with Crippen molar-refractivity contribution in [3.63, 3.8) is 0 Å². The quantitative estimate of drug-likeness (QED) is 0.519. The highest BCUT2D eigenvalue weighted by Gasteiger charge is 2.13. The van der Waals surface area contributed by atoms with E-state index < -0.39 is 10.5 Å². The van der Waals surface area contributed by atoms with Crippen LogP contribution in [0.2, 0.25) is 0 Å². The molecule has 0 bridgehead atoms. The van der Waals surface area contributed by atoms with Crippen LogP contribution in [-0.4, -0.2) is 20.4 Å². The van der Waals surface area contributed by atoms with Gasteiger partial charge in [-0.15, -0.1) is 0 Å². The van der Waals surface area contributed by atoms with Crippen molar-refractivity contribution in [3.05, 3.63) is 73.2 Å². The number of carbonyl (C=O) groups excluding carboxylic acids is 1. The molecule has 0 atom stereocenters. The number of rotatable bonds is 4. The molecule has 0 spiro atoms. The van der Waals surface area contributed by atoms with Gasteiger partial charge in [-0.1, -0.05) is 6.07 Å². The number of hydrogen-bond donors (Lipinski definition) is 1. The number of nitro benzene ring substituents is 1. The molecular formula is C17H13BrN4O4. The van der Waals surface area contributed by atoms with Crippen molar-refractivity contribution in [2.45, 2.75) is 13.5 Å². The molecule has 3 rings (SSSR count). The summed E-state index contributed by atoms with van der Waals surface area (Å²) in [6.07, 6.45) is 1.21. The van der Waals surface area contributed by atoms with Crippen molar-refractivity contribution in [3.8, 4) is 0 Å². The third-order valence-corrected chi connectivity index (χ3v) is 4.39. The van der Waals surface area contributed by atoms with E-state index in [-0.39, 0.29) is 29.0 Å². The number of nitro groups is 1. The van der Waals surface area contributed by atoms with Crippen molar-refractivity contribution >= 4 is 44.1 Å². The highest BCUT2D eigenvalue weighted by Crippen LogP contribution is 2.23. The molecule has 0 saturated carbocycles. The third kappa shape index (κ3) is 3.62. The molecule has 1 amide bonds. The Morgan fingerprint density at radius 2 is 2.08 bits per heavy atom. The smallest absolute Gasteiger partial charge is 0.271 e. The molecule has 2 aromatic carbocycles. The number of non-ortho nitro benzene ring substituents is 1. The van der Waals surface area contributed by atoms with E-state index in [1.807, 2.05) is 19.1 Å². The molecule has 0 saturated heterocycles. The van der Waals surface area contributed by atoms with Crippen LogP contribution in [-0.2, 0) is 11.3 Å². The Labute approximate surface area is 155 Å². The number of benzene rings is 2. The Bertz CT molecular complexity index is 1090. The topological polar surface area (TPSA) is 107 Å². The molecule has 1 N–H and O–H groups in total. The molecule has 0 unspecified atom stereocenters. The molecule has 8 nitrogen and oxygen atoms in total. The first-order valence-corrected chi connectivity index (χ1v) is 8.34. The van der Waals surface area contributed by atoms with Gasteiger partial charge in [-0.3, -0.25) is 24.3 Å². The highest BCUT2D eigenvalue weighted by atomic mass is 79.9. The Hall–Kier alpha value is -3.07. The molecule has 1 aromatic heterocycles. The van der Waals surface area contributed by atoms with Crippen molar-refractivity contribution < 1.29 is 9.72 Å². The van der Waals surface area contributed by atoms with Gasteiger partial charge in [0.15, 0.2) is 0 Å². The summed E-state index contributed by atoms with van der Waals surface area (Å²) in [6, 6.07) is 9.29. The Balaban J connectivity index is 1.85. The number of halogens is 1. The Morgan fingerprint density at radius 3 is 2.77 bits per heavy atom. The average molecular weight is 417 g/mol. The van der Waals surface area contributed by atoms with Crippen LogP contribution < -0.4 is 10.9 Å². The van der Waals surface area contributed by atoms with E-state index in [0.717, 1.165) is 14.6 Å². The maximum absolute atomic E-state index is 12.5. The van der Waals surface area contributed by atoms with Gasteiger partial charge in [0.05, 0.1) is 27.8 Å². The summed E-state index contributed by atoms with van der Waals surface area (Å²) in [4.78, 5) is 39.0. The zero-order valence-electron chi connectivity index (χ0n) is 13.6. The van der Waals surface area contributed by atoms with Crippen LogP contribution in [0.1, 0.15) is 5.56 Å². The fraction of sp³-hybridized carbons (Fsp3) is 0.118. The van der Waals surface area contributed by atoms with Gasteiger partial charge in [-0.25, -0.2) is 4.98 Å². The zero-order chi connectivity index (χ0) is 18.8. The lowest BCUT2D eigenvalue weighted by Gasteiger charge is -2.10. The van der Waals surface area contributed by atoms with Crippen LogP contribution in [0.3, 0.4) is 0 Å². The van der Waals surface area contributed by atoms with Gasteiger partial charge in [0.25, 0.3) is 11.2 Å². The van der Waals surface area contributed by atoms with Crippen LogP contribution in [0.5, 0.6) is 0 Å². The lowest BCUT2D eigenvalue weighted by molar-refractivity contribution is -0.384. The van der Waals surface area contributed by atoms with E-state index in [1.165, 1.54) is 24.5 Å². The SMILES string of the molecule is Cc1ccc(NC(=O)Cn2cnc3cc([N+](=O)[O-])ccc3c2=O)c(Br)c1. The molecular weight excluding hydrogens is 404 g/mol. The lowest BCUT2D eigenvalue weighted by Crippen LogP contribution is -2.28. The molecule has 9 heteroatoms. The van der Waals surface area contributed by atoms with Gasteiger partial charge in [-0.2, -0.15) is 0 Å². The number of aryl methyl sites for hydroxylation is 1. The maximum atomic E-state index is 12.5.